The predicted octanol–water partition coefficient (Wildman–Crippen LogP) is 3.91. The normalized spacial score (nSPS) is 12.3. The van der Waals surface area contributed by atoms with Gasteiger partial charge in [0.2, 0.25) is 0 Å². The van der Waals surface area contributed by atoms with E-state index in [-0.39, 0.29) is 6.04 Å². The van der Waals surface area contributed by atoms with Crippen molar-refractivity contribution in [3.63, 3.8) is 0 Å². The lowest BCUT2D eigenvalue weighted by Gasteiger charge is -2.23. The predicted molar refractivity (Wildman–Crippen MR) is 102 cm³/mol. The Hall–Kier alpha value is -1.84. The maximum absolute atomic E-state index is 5.40. The summed E-state index contributed by atoms with van der Waals surface area (Å²) in [5.41, 5.74) is 2.62. The first kappa shape index (κ1) is 18.5. The van der Waals surface area contributed by atoms with Crippen molar-refractivity contribution < 1.29 is 4.74 Å². The van der Waals surface area contributed by atoms with Gasteiger partial charge in [0.05, 0.1) is 7.11 Å². The smallest absolute Gasteiger partial charge is 0.119 e. The third kappa shape index (κ3) is 5.66. The van der Waals surface area contributed by atoms with Crippen molar-refractivity contribution in [1.82, 2.24) is 10.2 Å². The van der Waals surface area contributed by atoms with Gasteiger partial charge in [-0.05, 0) is 42.8 Å². The van der Waals surface area contributed by atoms with Gasteiger partial charge in [-0.3, -0.25) is 0 Å². The molecule has 24 heavy (non-hydrogen) atoms. The van der Waals surface area contributed by atoms with E-state index in [1.54, 1.807) is 7.11 Å². The highest BCUT2D eigenvalue weighted by Crippen LogP contribution is 2.22. The van der Waals surface area contributed by atoms with Crippen LogP contribution >= 0.6 is 0 Å². The SMILES string of the molecule is CCN(CC)CCN[C@H](Cc1ccccc1)c1cccc(OC)c1. The summed E-state index contributed by atoms with van der Waals surface area (Å²) in [6.45, 7) is 8.68. The molecule has 2 aromatic carbocycles. The summed E-state index contributed by atoms with van der Waals surface area (Å²) in [6, 6.07) is 19.3. The van der Waals surface area contributed by atoms with Crippen LogP contribution in [0.15, 0.2) is 54.6 Å². The lowest BCUT2D eigenvalue weighted by Crippen LogP contribution is -2.34. The minimum atomic E-state index is 0.290. The maximum atomic E-state index is 5.40. The number of hydrogen-bond donors (Lipinski definition) is 1. The average Bonchev–Trinajstić information content (AvgIpc) is 2.65. The first-order valence-corrected chi connectivity index (χ1v) is 8.90. The quantitative estimate of drug-likeness (QED) is 0.716. The van der Waals surface area contributed by atoms with Crippen molar-refractivity contribution in [2.45, 2.75) is 26.3 Å². The fraction of sp³-hybridized carbons (Fsp3) is 0.429. The molecule has 0 unspecified atom stereocenters. The van der Waals surface area contributed by atoms with Gasteiger partial charge in [0.15, 0.2) is 0 Å². The van der Waals surface area contributed by atoms with Crippen LogP contribution in [0.1, 0.15) is 31.0 Å². The zero-order chi connectivity index (χ0) is 17.2. The molecule has 2 rings (SSSR count). The Bertz CT molecular complexity index is 581. The molecule has 1 N–H and O–H groups in total. The number of nitrogens with zero attached hydrogens (tertiary/aromatic N) is 1. The number of methoxy groups -OCH3 is 1. The van der Waals surface area contributed by atoms with Crippen LogP contribution in [0.3, 0.4) is 0 Å². The second kappa shape index (κ2) is 10.1. The number of likely N-dealkylation sites (N-methyl/N-ethyl adjacent to an activating group) is 1. The van der Waals surface area contributed by atoms with Gasteiger partial charge in [0.1, 0.15) is 5.75 Å². The molecule has 0 bridgehead atoms. The van der Waals surface area contributed by atoms with Crippen LogP contribution in [0.2, 0.25) is 0 Å². The molecule has 0 amide bonds. The molecule has 2 aromatic rings. The molecule has 1 atom stereocenters. The zero-order valence-corrected chi connectivity index (χ0v) is 15.2. The molecule has 3 nitrogen and oxygen atoms in total. The summed E-state index contributed by atoms with van der Waals surface area (Å²) in [5, 5.41) is 3.74. The van der Waals surface area contributed by atoms with Crippen LogP contribution < -0.4 is 10.1 Å². The average molecular weight is 326 g/mol. The molecule has 0 aromatic heterocycles. The van der Waals surface area contributed by atoms with E-state index in [0.29, 0.717) is 0 Å². The second-order valence-electron chi connectivity index (χ2n) is 6.00. The third-order valence-electron chi connectivity index (χ3n) is 4.49. The maximum Gasteiger partial charge on any atom is 0.119 e. The highest BCUT2D eigenvalue weighted by molar-refractivity contribution is 5.32. The second-order valence-corrected chi connectivity index (χ2v) is 6.00. The molecule has 0 saturated carbocycles. The van der Waals surface area contributed by atoms with E-state index in [4.69, 9.17) is 4.74 Å². The van der Waals surface area contributed by atoms with Crippen molar-refractivity contribution in [3.05, 3.63) is 65.7 Å². The number of rotatable bonds is 10. The molecule has 3 heteroatoms. The van der Waals surface area contributed by atoms with Crippen molar-refractivity contribution >= 4 is 0 Å². The van der Waals surface area contributed by atoms with Gasteiger partial charge in [-0.1, -0.05) is 56.3 Å². The topological polar surface area (TPSA) is 24.5 Å². The Labute approximate surface area is 146 Å². The van der Waals surface area contributed by atoms with E-state index in [1.165, 1.54) is 11.1 Å². The van der Waals surface area contributed by atoms with E-state index in [9.17, 15) is 0 Å². The van der Waals surface area contributed by atoms with Crippen LogP contribution in [-0.2, 0) is 6.42 Å². The molecule has 0 radical (unpaired) electrons. The van der Waals surface area contributed by atoms with Crippen LogP contribution in [0, 0.1) is 0 Å². The van der Waals surface area contributed by atoms with Crippen LogP contribution in [0.25, 0.3) is 0 Å². The molecule has 0 aliphatic rings. The van der Waals surface area contributed by atoms with Crippen LogP contribution in [-0.4, -0.2) is 38.2 Å². The Morgan fingerprint density at radius 2 is 1.75 bits per heavy atom. The zero-order valence-electron chi connectivity index (χ0n) is 15.2. The van der Waals surface area contributed by atoms with Crippen molar-refractivity contribution in [2.75, 3.05) is 33.3 Å². The fourth-order valence-electron chi connectivity index (χ4n) is 2.95. The summed E-state index contributed by atoms with van der Waals surface area (Å²) in [5.74, 6) is 0.913. The minimum Gasteiger partial charge on any atom is -0.497 e. The molecular formula is C21H30N2O. The van der Waals surface area contributed by atoms with Gasteiger partial charge < -0.3 is 15.0 Å². The first-order chi connectivity index (χ1) is 11.8. The molecule has 130 valence electrons. The summed E-state index contributed by atoms with van der Waals surface area (Å²) < 4.78 is 5.40. The van der Waals surface area contributed by atoms with Crippen LogP contribution in [0.5, 0.6) is 5.75 Å². The largest absolute Gasteiger partial charge is 0.497 e. The molecule has 0 fully saturated rings. The summed E-state index contributed by atoms with van der Waals surface area (Å²) in [6.07, 6.45) is 0.978. The van der Waals surface area contributed by atoms with E-state index < -0.39 is 0 Å². The number of benzene rings is 2. The van der Waals surface area contributed by atoms with Crippen LogP contribution in [0.4, 0.5) is 0 Å². The Morgan fingerprint density at radius 3 is 2.42 bits per heavy atom. The number of ether oxygens (including phenoxy) is 1. The third-order valence-corrected chi connectivity index (χ3v) is 4.49. The van der Waals surface area contributed by atoms with Gasteiger partial charge in [0, 0.05) is 19.1 Å². The Morgan fingerprint density at radius 1 is 1.00 bits per heavy atom. The minimum absolute atomic E-state index is 0.290. The van der Waals surface area contributed by atoms with Gasteiger partial charge in [-0.25, -0.2) is 0 Å². The van der Waals surface area contributed by atoms with Gasteiger partial charge in [0.25, 0.3) is 0 Å². The molecule has 0 aliphatic carbocycles. The highest BCUT2D eigenvalue weighted by atomic mass is 16.5. The standard InChI is InChI=1S/C21H30N2O/c1-4-23(5-2)15-14-22-21(16-18-10-7-6-8-11-18)19-12-9-13-20(17-19)24-3/h6-13,17,21-22H,4-5,14-16H2,1-3H3/t21-/m1/s1. The summed E-state index contributed by atoms with van der Waals surface area (Å²) >= 11 is 0. The molecular weight excluding hydrogens is 296 g/mol. The molecule has 0 spiro atoms. The molecule has 0 aliphatic heterocycles. The van der Waals surface area contributed by atoms with E-state index in [2.05, 4.69) is 72.6 Å². The van der Waals surface area contributed by atoms with E-state index >= 15 is 0 Å². The monoisotopic (exact) mass is 326 g/mol. The van der Waals surface area contributed by atoms with E-state index in [1.807, 2.05) is 6.07 Å². The van der Waals surface area contributed by atoms with Crippen molar-refractivity contribution in [1.29, 1.82) is 0 Å². The lowest BCUT2D eigenvalue weighted by molar-refractivity contribution is 0.296. The Balaban J connectivity index is 2.08. The lowest BCUT2D eigenvalue weighted by atomic mass is 9.98. The highest BCUT2D eigenvalue weighted by Gasteiger charge is 2.13. The summed E-state index contributed by atoms with van der Waals surface area (Å²) in [4.78, 5) is 2.44. The summed E-state index contributed by atoms with van der Waals surface area (Å²) in [7, 11) is 1.72. The van der Waals surface area contributed by atoms with Crippen molar-refractivity contribution in [2.24, 2.45) is 0 Å². The fourth-order valence-corrected chi connectivity index (χ4v) is 2.95. The van der Waals surface area contributed by atoms with Gasteiger partial charge in [-0.2, -0.15) is 0 Å². The number of hydrogen-bond acceptors (Lipinski definition) is 3. The molecule has 0 saturated heterocycles. The Kier molecular flexibility index (Phi) is 7.80. The first-order valence-electron chi connectivity index (χ1n) is 8.90. The van der Waals surface area contributed by atoms with Gasteiger partial charge in [-0.15, -0.1) is 0 Å². The van der Waals surface area contributed by atoms with Gasteiger partial charge >= 0.3 is 0 Å². The van der Waals surface area contributed by atoms with Crippen molar-refractivity contribution in [3.8, 4) is 5.75 Å². The van der Waals surface area contributed by atoms with E-state index in [0.717, 1.165) is 38.3 Å². The molecule has 0 heterocycles. The number of nitrogens with one attached hydrogen (secondary N) is 1.